The number of amides is 2. The molecular formula is C29H32N4O3. The highest BCUT2D eigenvalue weighted by Crippen LogP contribution is 2.16. The van der Waals surface area contributed by atoms with Crippen LogP contribution in [0.15, 0.2) is 84.9 Å². The molecular weight excluding hydrogens is 452 g/mol. The molecule has 3 aromatic rings. The number of carbonyl (C=O) groups excluding carboxylic acids is 2. The van der Waals surface area contributed by atoms with Gasteiger partial charge in [-0.25, -0.2) is 0 Å². The van der Waals surface area contributed by atoms with Crippen molar-refractivity contribution in [2.75, 3.05) is 38.1 Å². The first-order chi connectivity index (χ1) is 17.5. The van der Waals surface area contributed by atoms with Crippen molar-refractivity contribution in [1.29, 1.82) is 0 Å². The summed E-state index contributed by atoms with van der Waals surface area (Å²) in [5.74, 6) is -0.183. The summed E-state index contributed by atoms with van der Waals surface area (Å²) in [6.45, 7) is 5.99. The largest absolute Gasteiger partial charge is 0.484 e. The molecule has 1 aliphatic rings. The Morgan fingerprint density at radius 3 is 1.97 bits per heavy atom. The van der Waals surface area contributed by atoms with Gasteiger partial charge in [0.2, 0.25) is 5.91 Å². The zero-order chi connectivity index (χ0) is 25.2. The van der Waals surface area contributed by atoms with Crippen molar-refractivity contribution in [3.8, 4) is 5.75 Å². The Labute approximate surface area is 212 Å². The Kier molecular flexibility index (Phi) is 8.86. The molecule has 7 nitrogen and oxygen atoms in total. The third kappa shape index (κ3) is 8.08. The van der Waals surface area contributed by atoms with Crippen molar-refractivity contribution in [1.82, 2.24) is 9.80 Å². The number of carbonyl (C=O) groups is 2. The van der Waals surface area contributed by atoms with Crippen LogP contribution in [0, 0.1) is 0 Å². The van der Waals surface area contributed by atoms with Crippen LogP contribution in [-0.4, -0.2) is 54.4 Å². The molecule has 3 N–H and O–H groups in total. The average Bonchev–Trinajstić information content (AvgIpc) is 2.90. The topological polar surface area (TPSA) is 87.9 Å². The third-order valence-corrected chi connectivity index (χ3v) is 6.03. The molecule has 0 unspecified atom stereocenters. The molecule has 4 rings (SSSR count). The van der Waals surface area contributed by atoms with Crippen LogP contribution in [0.4, 0.5) is 5.69 Å². The first-order valence-corrected chi connectivity index (χ1v) is 12.1. The van der Waals surface area contributed by atoms with Gasteiger partial charge in [0.1, 0.15) is 5.75 Å². The van der Waals surface area contributed by atoms with E-state index < -0.39 is 5.91 Å². The van der Waals surface area contributed by atoms with E-state index in [1.54, 1.807) is 30.3 Å². The van der Waals surface area contributed by atoms with Crippen LogP contribution in [0.5, 0.6) is 5.75 Å². The second-order valence-electron chi connectivity index (χ2n) is 8.88. The van der Waals surface area contributed by atoms with E-state index in [4.69, 9.17) is 10.5 Å². The Morgan fingerprint density at radius 2 is 1.39 bits per heavy atom. The summed E-state index contributed by atoms with van der Waals surface area (Å²) in [7, 11) is 0. The molecule has 1 heterocycles. The van der Waals surface area contributed by atoms with Gasteiger partial charge in [-0.3, -0.25) is 19.4 Å². The predicted molar refractivity (Wildman–Crippen MR) is 142 cm³/mol. The number of anilines is 1. The molecule has 0 spiro atoms. The minimum absolute atomic E-state index is 0.165. The lowest BCUT2D eigenvalue weighted by Crippen LogP contribution is -2.45. The molecule has 0 atom stereocenters. The first kappa shape index (κ1) is 25.2. The van der Waals surface area contributed by atoms with Gasteiger partial charge >= 0.3 is 0 Å². The summed E-state index contributed by atoms with van der Waals surface area (Å²) in [5, 5.41) is 2.89. The van der Waals surface area contributed by atoms with Gasteiger partial charge in [-0.1, -0.05) is 54.6 Å². The number of nitrogens with two attached hydrogens (primary N) is 1. The number of nitrogens with one attached hydrogen (secondary N) is 1. The van der Waals surface area contributed by atoms with E-state index in [0.29, 0.717) is 5.75 Å². The fourth-order valence-electron chi connectivity index (χ4n) is 4.08. The van der Waals surface area contributed by atoms with Crippen LogP contribution in [0.25, 0.3) is 6.08 Å². The second-order valence-corrected chi connectivity index (χ2v) is 8.88. The van der Waals surface area contributed by atoms with Gasteiger partial charge in [0.15, 0.2) is 6.61 Å². The summed E-state index contributed by atoms with van der Waals surface area (Å²) >= 11 is 0. The van der Waals surface area contributed by atoms with Crippen molar-refractivity contribution in [2.45, 2.75) is 13.1 Å². The van der Waals surface area contributed by atoms with Crippen LogP contribution in [0.2, 0.25) is 0 Å². The van der Waals surface area contributed by atoms with Crippen molar-refractivity contribution in [3.63, 3.8) is 0 Å². The maximum absolute atomic E-state index is 12.3. The van der Waals surface area contributed by atoms with Gasteiger partial charge in [0.05, 0.1) is 0 Å². The Balaban J connectivity index is 1.19. The van der Waals surface area contributed by atoms with Gasteiger partial charge in [-0.15, -0.1) is 0 Å². The summed E-state index contributed by atoms with van der Waals surface area (Å²) in [5.41, 5.74) is 9.27. The summed E-state index contributed by atoms with van der Waals surface area (Å²) in [4.78, 5) is 28.1. The van der Waals surface area contributed by atoms with Gasteiger partial charge < -0.3 is 15.8 Å². The van der Waals surface area contributed by atoms with Crippen molar-refractivity contribution in [3.05, 3.63) is 102 Å². The highest BCUT2D eigenvalue weighted by Gasteiger charge is 2.17. The van der Waals surface area contributed by atoms with Crippen LogP contribution < -0.4 is 15.8 Å². The number of nitrogens with zero attached hydrogens (tertiary/aromatic N) is 2. The molecule has 1 saturated heterocycles. The fourth-order valence-corrected chi connectivity index (χ4v) is 4.08. The highest BCUT2D eigenvalue weighted by molar-refractivity contribution is 6.01. The zero-order valence-corrected chi connectivity index (χ0v) is 20.3. The van der Waals surface area contributed by atoms with E-state index in [1.807, 2.05) is 12.1 Å². The summed E-state index contributed by atoms with van der Waals surface area (Å²) < 4.78 is 5.23. The lowest BCUT2D eigenvalue weighted by atomic mass is 10.1. The molecule has 186 valence electrons. The zero-order valence-electron chi connectivity index (χ0n) is 20.3. The molecule has 0 radical (unpaired) electrons. The summed E-state index contributed by atoms with van der Waals surface area (Å²) in [6.07, 6.45) is 3.21. The van der Waals surface area contributed by atoms with Crippen LogP contribution in [0.1, 0.15) is 16.7 Å². The van der Waals surface area contributed by atoms with Crippen molar-refractivity contribution >= 4 is 23.6 Å². The number of primary amides is 1. The highest BCUT2D eigenvalue weighted by atomic mass is 16.5. The maximum Gasteiger partial charge on any atom is 0.255 e. The SMILES string of the molecule is NC(=O)COc1ccc(C=CC(=O)Nc2ccc(CN3CCN(Cc4ccccc4)CC3)cc2)cc1. The van der Waals surface area contributed by atoms with Gasteiger partial charge in [-0.2, -0.15) is 0 Å². The molecule has 36 heavy (non-hydrogen) atoms. The van der Waals surface area contributed by atoms with Crippen LogP contribution >= 0.6 is 0 Å². The third-order valence-electron chi connectivity index (χ3n) is 6.03. The lowest BCUT2D eigenvalue weighted by molar-refractivity contribution is -0.120. The quantitative estimate of drug-likeness (QED) is 0.430. The maximum atomic E-state index is 12.3. The first-order valence-electron chi connectivity index (χ1n) is 12.1. The normalized spacial score (nSPS) is 14.6. The minimum atomic E-state index is -0.527. The molecule has 1 aliphatic heterocycles. The number of hydrogen-bond donors (Lipinski definition) is 2. The molecule has 7 heteroatoms. The van der Waals surface area contributed by atoms with E-state index in [9.17, 15) is 9.59 Å². The molecule has 0 bridgehead atoms. The van der Waals surface area contributed by atoms with Gasteiger partial charge in [-0.05, 0) is 47.0 Å². The summed E-state index contributed by atoms with van der Waals surface area (Å²) in [6, 6.07) is 25.7. The molecule has 1 fully saturated rings. The van der Waals surface area contributed by atoms with E-state index in [1.165, 1.54) is 17.2 Å². The van der Waals surface area contributed by atoms with Crippen LogP contribution in [0.3, 0.4) is 0 Å². The predicted octanol–water partition coefficient (Wildman–Crippen LogP) is 3.52. The number of piperazine rings is 1. The molecule has 0 saturated carbocycles. The van der Waals surface area contributed by atoms with Gasteiger partial charge in [0.25, 0.3) is 5.91 Å². The van der Waals surface area contributed by atoms with Gasteiger partial charge in [0, 0.05) is 51.0 Å². The number of hydrogen-bond acceptors (Lipinski definition) is 5. The number of rotatable bonds is 10. The van der Waals surface area contributed by atoms with E-state index in [0.717, 1.165) is 50.5 Å². The fraction of sp³-hybridized carbons (Fsp3) is 0.241. The Morgan fingerprint density at radius 1 is 0.806 bits per heavy atom. The Hall–Kier alpha value is -3.94. The van der Waals surface area contributed by atoms with E-state index in [-0.39, 0.29) is 12.5 Å². The molecule has 2 amide bonds. The average molecular weight is 485 g/mol. The molecule has 0 aliphatic carbocycles. The second kappa shape index (κ2) is 12.7. The van der Waals surface area contributed by atoms with Crippen LogP contribution in [-0.2, 0) is 22.7 Å². The Bertz CT molecular complexity index is 1150. The minimum Gasteiger partial charge on any atom is -0.484 e. The monoisotopic (exact) mass is 484 g/mol. The standard InChI is InChI=1S/C29H32N4O3/c30-28(34)22-36-27-13-8-23(9-14-27)10-15-29(35)31-26-11-6-25(7-12-26)21-33-18-16-32(17-19-33)20-24-4-2-1-3-5-24/h1-15H,16-22H2,(H2,30,34)(H,31,35). The molecule has 0 aromatic heterocycles. The number of ether oxygens (including phenoxy) is 1. The smallest absolute Gasteiger partial charge is 0.255 e. The van der Waals surface area contributed by atoms with E-state index >= 15 is 0 Å². The lowest BCUT2D eigenvalue weighted by Gasteiger charge is -2.34. The molecule has 3 aromatic carbocycles. The van der Waals surface area contributed by atoms with E-state index in [2.05, 4.69) is 57.6 Å². The van der Waals surface area contributed by atoms with Crippen molar-refractivity contribution in [2.24, 2.45) is 5.73 Å². The van der Waals surface area contributed by atoms with Crippen molar-refractivity contribution < 1.29 is 14.3 Å². The number of benzene rings is 3.